The van der Waals surface area contributed by atoms with E-state index in [0.717, 1.165) is 12.1 Å². The van der Waals surface area contributed by atoms with E-state index in [2.05, 4.69) is 22.1 Å². The number of thiophene rings is 1. The highest BCUT2D eigenvalue weighted by Gasteiger charge is 2.12. The summed E-state index contributed by atoms with van der Waals surface area (Å²) in [4.78, 5) is 1.33. The largest absolute Gasteiger partial charge is 0.388 e. The smallest absolute Gasteiger partial charge is 0.0827 e. The fourth-order valence-corrected chi connectivity index (χ4v) is 2.41. The second-order valence-electron chi connectivity index (χ2n) is 4.39. The lowest BCUT2D eigenvalue weighted by atomic mass is 10.0. The molecule has 1 N–H and O–H groups in total. The fourth-order valence-electron chi connectivity index (χ4n) is 1.70. The summed E-state index contributed by atoms with van der Waals surface area (Å²) in [6.07, 6.45) is 3.70. The molecule has 2 aromatic heterocycles. The maximum absolute atomic E-state index is 9.93. The highest BCUT2D eigenvalue weighted by molar-refractivity contribution is 7.09. The van der Waals surface area contributed by atoms with Crippen LogP contribution in [0.15, 0.2) is 36.0 Å². The number of rotatable bonds is 4. The van der Waals surface area contributed by atoms with Gasteiger partial charge in [0, 0.05) is 17.3 Å². The van der Waals surface area contributed by atoms with E-state index in [9.17, 15) is 5.11 Å². The molecule has 0 aliphatic carbocycles. The first-order valence-corrected chi connectivity index (χ1v) is 6.41. The summed E-state index contributed by atoms with van der Waals surface area (Å²) in [7, 11) is 0. The van der Waals surface area contributed by atoms with E-state index in [1.807, 2.05) is 32.3 Å². The quantitative estimate of drug-likeness (QED) is 0.864. The summed E-state index contributed by atoms with van der Waals surface area (Å²) < 4.78 is 2.12. The molecule has 0 aromatic carbocycles. The Morgan fingerprint density at radius 3 is 2.81 bits per heavy atom. The monoisotopic (exact) mass is 235 g/mol. The standard InChI is InChI=1S/C13H17NOS/c1-10(2)13(15)11-5-6-14(8-11)9-12-4-3-7-16-12/h3-8,10,13,15H,9H2,1-2H3. The molecule has 0 saturated heterocycles. The van der Waals surface area contributed by atoms with Crippen molar-refractivity contribution in [2.24, 2.45) is 5.92 Å². The lowest BCUT2D eigenvalue weighted by Crippen LogP contribution is -2.04. The zero-order valence-corrected chi connectivity index (χ0v) is 10.4. The number of hydrogen-bond acceptors (Lipinski definition) is 2. The van der Waals surface area contributed by atoms with Crippen molar-refractivity contribution in [2.75, 3.05) is 0 Å². The summed E-state index contributed by atoms with van der Waals surface area (Å²) in [6.45, 7) is 4.95. The first-order valence-electron chi connectivity index (χ1n) is 5.53. The van der Waals surface area contributed by atoms with Crippen molar-refractivity contribution < 1.29 is 5.11 Å². The second kappa shape index (κ2) is 4.85. The Kier molecular flexibility index (Phi) is 3.46. The lowest BCUT2D eigenvalue weighted by molar-refractivity contribution is 0.127. The molecule has 86 valence electrons. The molecule has 0 saturated carbocycles. The third kappa shape index (κ3) is 2.54. The van der Waals surface area contributed by atoms with Gasteiger partial charge in [-0.2, -0.15) is 0 Å². The average Bonchev–Trinajstić information content (AvgIpc) is 2.88. The van der Waals surface area contributed by atoms with Crippen LogP contribution in [0, 0.1) is 5.92 Å². The van der Waals surface area contributed by atoms with Gasteiger partial charge in [0.1, 0.15) is 0 Å². The SMILES string of the molecule is CC(C)C(O)c1ccn(Cc2cccs2)c1. The maximum atomic E-state index is 9.93. The molecule has 1 unspecified atom stereocenters. The molecule has 0 aliphatic heterocycles. The highest BCUT2D eigenvalue weighted by Crippen LogP contribution is 2.22. The molecule has 0 aliphatic rings. The van der Waals surface area contributed by atoms with Crippen LogP contribution in [0.5, 0.6) is 0 Å². The number of aliphatic hydroxyl groups excluding tert-OH is 1. The molecule has 1 atom stereocenters. The third-order valence-electron chi connectivity index (χ3n) is 2.66. The Morgan fingerprint density at radius 2 is 2.19 bits per heavy atom. The van der Waals surface area contributed by atoms with Crippen molar-refractivity contribution in [3.8, 4) is 0 Å². The van der Waals surface area contributed by atoms with Crippen molar-refractivity contribution >= 4 is 11.3 Å². The molecule has 0 bridgehead atoms. The van der Waals surface area contributed by atoms with Gasteiger partial charge in [-0.3, -0.25) is 0 Å². The molecule has 16 heavy (non-hydrogen) atoms. The van der Waals surface area contributed by atoms with E-state index in [0.29, 0.717) is 0 Å². The van der Waals surface area contributed by atoms with Gasteiger partial charge in [0.2, 0.25) is 0 Å². The van der Waals surface area contributed by atoms with Crippen LogP contribution in [-0.2, 0) is 6.54 Å². The Balaban J connectivity index is 2.08. The van der Waals surface area contributed by atoms with Gasteiger partial charge in [-0.15, -0.1) is 11.3 Å². The summed E-state index contributed by atoms with van der Waals surface area (Å²) >= 11 is 1.76. The zero-order chi connectivity index (χ0) is 11.5. The Labute approximate surface area is 100 Å². The van der Waals surface area contributed by atoms with Crippen LogP contribution in [-0.4, -0.2) is 9.67 Å². The molecule has 2 nitrogen and oxygen atoms in total. The molecular formula is C13H17NOS. The van der Waals surface area contributed by atoms with Crippen LogP contribution < -0.4 is 0 Å². The van der Waals surface area contributed by atoms with E-state index in [4.69, 9.17) is 0 Å². The van der Waals surface area contributed by atoms with Crippen molar-refractivity contribution in [1.82, 2.24) is 4.57 Å². The molecule has 3 heteroatoms. The van der Waals surface area contributed by atoms with Gasteiger partial charge in [-0.05, 0) is 29.0 Å². The normalized spacial score (nSPS) is 13.2. The molecule has 0 amide bonds. The minimum atomic E-state index is -0.357. The van der Waals surface area contributed by atoms with Crippen LogP contribution in [0.4, 0.5) is 0 Å². The number of aliphatic hydroxyl groups is 1. The van der Waals surface area contributed by atoms with Crippen LogP contribution >= 0.6 is 11.3 Å². The van der Waals surface area contributed by atoms with Crippen LogP contribution in [0.25, 0.3) is 0 Å². The molecule has 0 spiro atoms. The van der Waals surface area contributed by atoms with Gasteiger partial charge in [-0.1, -0.05) is 19.9 Å². The average molecular weight is 235 g/mol. The van der Waals surface area contributed by atoms with E-state index >= 15 is 0 Å². The summed E-state index contributed by atoms with van der Waals surface area (Å²) in [5.41, 5.74) is 1.01. The molecule has 2 heterocycles. The van der Waals surface area contributed by atoms with Crippen molar-refractivity contribution in [3.05, 3.63) is 46.4 Å². The predicted molar refractivity (Wildman–Crippen MR) is 67.7 cm³/mol. The van der Waals surface area contributed by atoms with Gasteiger partial charge < -0.3 is 9.67 Å². The van der Waals surface area contributed by atoms with E-state index in [1.54, 1.807) is 11.3 Å². The minimum Gasteiger partial charge on any atom is -0.388 e. The van der Waals surface area contributed by atoms with Gasteiger partial charge in [0.15, 0.2) is 0 Å². The first-order chi connectivity index (χ1) is 7.66. The molecular weight excluding hydrogens is 218 g/mol. The zero-order valence-electron chi connectivity index (χ0n) is 9.63. The van der Waals surface area contributed by atoms with Gasteiger partial charge in [0.25, 0.3) is 0 Å². The van der Waals surface area contributed by atoms with Gasteiger partial charge in [-0.25, -0.2) is 0 Å². The molecule has 2 rings (SSSR count). The molecule has 0 radical (unpaired) electrons. The van der Waals surface area contributed by atoms with Crippen molar-refractivity contribution in [1.29, 1.82) is 0 Å². The van der Waals surface area contributed by atoms with Crippen LogP contribution in [0.2, 0.25) is 0 Å². The minimum absolute atomic E-state index is 0.262. The maximum Gasteiger partial charge on any atom is 0.0827 e. The Bertz CT molecular complexity index is 430. The number of aromatic nitrogens is 1. The summed E-state index contributed by atoms with van der Waals surface area (Å²) in [5.74, 6) is 0.262. The van der Waals surface area contributed by atoms with E-state index in [1.165, 1.54) is 4.88 Å². The summed E-state index contributed by atoms with van der Waals surface area (Å²) in [5, 5.41) is 12.0. The van der Waals surface area contributed by atoms with Crippen molar-refractivity contribution in [3.63, 3.8) is 0 Å². The Morgan fingerprint density at radius 1 is 1.38 bits per heavy atom. The lowest BCUT2D eigenvalue weighted by Gasteiger charge is -2.12. The predicted octanol–water partition coefficient (Wildman–Crippen LogP) is 3.29. The van der Waals surface area contributed by atoms with Gasteiger partial charge in [0.05, 0.1) is 12.6 Å². The fraction of sp³-hybridized carbons (Fsp3) is 0.385. The molecule has 2 aromatic rings. The third-order valence-corrected chi connectivity index (χ3v) is 3.53. The van der Waals surface area contributed by atoms with Crippen molar-refractivity contribution in [2.45, 2.75) is 26.5 Å². The Hall–Kier alpha value is -1.06. The van der Waals surface area contributed by atoms with Crippen LogP contribution in [0.3, 0.4) is 0 Å². The number of hydrogen-bond donors (Lipinski definition) is 1. The molecule has 0 fully saturated rings. The first kappa shape index (κ1) is 11.4. The topological polar surface area (TPSA) is 25.2 Å². The number of nitrogens with zero attached hydrogens (tertiary/aromatic N) is 1. The van der Waals surface area contributed by atoms with Gasteiger partial charge >= 0.3 is 0 Å². The highest BCUT2D eigenvalue weighted by atomic mass is 32.1. The van der Waals surface area contributed by atoms with E-state index < -0.39 is 0 Å². The van der Waals surface area contributed by atoms with Crippen LogP contribution in [0.1, 0.15) is 30.4 Å². The summed E-state index contributed by atoms with van der Waals surface area (Å²) in [6, 6.07) is 6.19. The van der Waals surface area contributed by atoms with E-state index in [-0.39, 0.29) is 12.0 Å². The second-order valence-corrected chi connectivity index (χ2v) is 5.42.